The Balaban J connectivity index is 2.34. The number of carbonyl (C=O) groups is 1. The van der Waals surface area contributed by atoms with Crippen LogP contribution in [0.15, 0.2) is 24.5 Å². The molecular weight excluding hydrogens is 156 g/mol. The number of hydrogen-bond donors (Lipinski definition) is 2. The zero-order valence-corrected chi connectivity index (χ0v) is 6.11. The molecule has 5 nitrogen and oxygen atoms in total. The Morgan fingerprint density at radius 1 is 1.08 bits per heavy atom. The van der Waals surface area contributed by atoms with Crippen molar-refractivity contribution in [3.8, 4) is 0 Å². The van der Waals surface area contributed by atoms with Crippen LogP contribution in [0.5, 0.6) is 0 Å². The van der Waals surface area contributed by atoms with E-state index in [1.54, 1.807) is 24.5 Å². The van der Waals surface area contributed by atoms with E-state index in [0.717, 1.165) is 0 Å². The van der Waals surface area contributed by atoms with Gasteiger partial charge in [0, 0.05) is 12.4 Å². The number of H-pyrrole nitrogens is 2. The smallest absolute Gasteiger partial charge is 0.233 e. The second kappa shape index (κ2) is 2.61. The molecule has 0 unspecified atom stereocenters. The van der Waals surface area contributed by atoms with Crippen molar-refractivity contribution >= 4 is 5.78 Å². The van der Waals surface area contributed by atoms with E-state index in [-0.39, 0.29) is 5.78 Å². The highest BCUT2D eigenvalue weighted by Crippen LogP contribution is 2.01. The minimum atomic E-state index is -0.183. The van der Waals surface area contributed by atoms with Crippen LogP contribution in [0.25, 0.3) is 0 Å². The predicted molar refractivity (Wildman–Crippen MR) is 40.6 cm³/mol. The van der Waals surface area contributed by atoms with Crippen molar-refractivity contribution in [2.45, 2.75) is 0 Å². The maximum atomic E-state index is 11.4. The van der Waals surface area contributed by atoms with Crippen molar-refractivity contribution in [2.75, 3.05) is 0 Å². The van der Waals surface area contributed by atoms with Crippen molar-refractivity contribution < 1.29 is 4.79 Å². The third kappa shape index (κ3) is 1.01. The van der Waals surface area contributed by atoms with E-state index in [2.05, 4.69) is 20.4 Å². The molecule has 0 aromatic carbocycles. The highest BCUT2D eigenvalue weighted by atomic mass is 16.1. The summed E-state index contributed by atoms with van der Waals surface area (Å²) in [4.78, 5) is 11.4. The van der Waals surface area contributed by atoms with Crippen LogP contribution in [0.4, 0.5) is 0 Å². The molecular formula is C7H6N4O. The first-order valence-corrected chi connectivity index (χ1v) is 3.42. The monoisotopic (exact) mass is 162 g/mol. The molecule has 0 spiro atoms. The molecule has 2 aromatic rings. The number of hydrogen-bond acceptors (Lipinski definition) is 3. The molecule has 0 fully saturated rings. The van der Waals surface area contributed by atoms with Crippen LogP contribution in [0.2, 0.25) is 0 Å². The molecule has 0 amide bonds. The van der Waals surface area contributed by atoms with Crippen LogP contribution in [0.3, 0.4) is 0 Å². The van der Waals surface area contributed by atoms with Crippen molar-refractivity contribution in [3.05, 3.63) is 35.9 Å². The molecule has 0 aliphatic heterocycles. The summed E-state index contributed by atoms with van der Waals surface area (Å²) in [5, 5.41) is 12.6. The van der Waals surface area contributed by atoms with Gasteiger partial charge in [0.05, 0.1) is 0 Å². The van der Waals surface area contributed by atoms with Gasteiger partial charge in [-0.25, -0.2) is 0 Å². The molecule has 0 saturated heterocycles. The Hall–Kier alpha value is -1.91. The predicted octanol–water partition coefficient (Wildman–Crippen LogP) is 0.364. The first-order valence-electron chi connectivity index (χ1n) is 3.42. The molecule has 60 valence electrons. The number of aromatic amines is 2. The summed E-state index contributed by atoms with van der Waals surface area (Å²) in [5.41, 5.74) is 0.754. The minimum Gasteiger partial charge on any atom is -0.285 e. The van der Waals surface area contributed by atoms with E-state index in [1.807, 2.05) is 0 Å². The van der Waals surface area contributed by atoms with E-state index < -0.39 is 0 Å². The first-order chi connectivity index (χ1) is 5.88. The molecule has 0 aliphatic carbocycles. The summed E-state index contributed by atoms with van der Waals surface area (Å²) >= 11 is 0. The summed E-state index contributed by atoms with van der Waals surface area (Å²) in [6, 6.07) is 3.22. The van der Waals surface area contributed by atoms with E-state index in [9.17, 15) is 4.79 Å². The lowest BCUT2D eigenvalue weighted by atomic mass is 10.2. The topological polar surface area (TPSA) is 74.4 Å². The normalized spacial score (nSPS) is 10.0. The van der Waals surface area contributed by atoms with Crippen molar-refractivity contribution in [1.29, 1.82) is 0 Å². The number of nitrogens with zero attached hydrogens (tertiary/aromatic N) is 2. The molecule has 0 atom stereocenters. The lowest BCUT2D eigenvalue weighted by Gasteiger charge is -1.87. The number of rotatable bonds is 2. The van der Waals surface area contributed by atoms with Gasteiger partial charge in [-0.05, 0) is 12.1 Å². The van der Waals surface area contributed by atoms with Gasteiger partial charge in [0.2, 0.25) is 5.78 Å². The second-order valence-corrected chi connectivity index (χ2v) is 2.25. The first kappa shape index (κ1) is 6.78. The van der Waals surface area contributed by atoms with Gasteiger partial charge in [-0.2, -0.15) is 10.2 Å². The lowest BCUT2D eigenvalue weighted by molar-refractivity contribution is 0.102. The van der Waals surface area contributed by atoms with Crippen LogP contribution in [-0.2, 0) is 0 Å². The number of aromatic nitrogens is 4. The van der Waals surface area contributed by atoms with Crippen LogP contribution in [0, 0.1) is 0 Å². The van der Waals surface area contributed by atoms with E-state index in [0.29, 0.717) is 11.4 Å². The average Bonchev–Trinajstić information content (AvgIpc) is 2.77. The number of ketones is 1. The Morgan fingerprint density at radius 2 is 1.58 bits per heavy atom. The molecule has 0 bridgehead atoms. The summed E-state index contributed by atoms with van der Waals surface area (Å²) in [6.45, 7) is 0. The van der Waals surface area contributed by atoms with Gasteiger partial charge >= 0.3 is 0 Å². The maximum Gasteiger partial charge on any atom is 0.233 e. The van der Waals surface area contributed by atoms with Crippen LogP contribution in [0.1, 0.15) is 16.2 Å². The third-order valence-electron chi connectivity index (χ3n) is 1.47. The van der Waals surface area contributed by atoms with Crippen molar-refractivity contribution in [2.24, 2.45) is 0 Å². The molecule has 0 aliphatic rings. The summed E-state index contributed by atoms with van der Waals surface area (Å²) < 4.78 is 0. The fourth-order valence-electron chi connectivity index (χ4n) is 0.905. The average molecular weight is 162 g/mol. The molecule has 2 heterocycles. The number of carbonyl (C=O) groups excluding carboxylic acids is 1. The Bertz CT molecular complexity index is 326. The van der Waals surface area contributed by atoms with Crippen LogP contribution in [-0.4, -0.2) is 26.2 Å². The minimum absolute atomic E-state index is 0.183. The van der Waals surface area contributed by atoms with Crippen molar-refractivity contribution in [1.82, 2.24) is 20.4 Å². The SMILES string of the molecule is O=C(c1cc[nH]n1)c1cc[nH]n1. The van der Waals surface area contributed by atoms with Crippen LogP contribution >= 0.6 is 0 Å². The maximum absolute atomic E-state index is 11.4. The largest absolute Gasteiger partial charge is 0.285 e. The number of nitrogens with one attached hydrogen (secondary N) is 2. The Labute approximate surface area is 67.8 Å². The summed E-state index contributed by atoms with van der Waals surface area (Å²) in [6.07, 6.45) is 3.19. The van der Waals surface area contributed by atoms with E-state index in [1.165, 1.54) is 0 Å². The fraction of sp³-hybridized carbons (Fsp3) is 0. The summed E-state index contributed by atoms with van der Waals surface area (Å²) in [7, 11) is 0. The lowest BCUT2D eigenvalue weighted by Crippen LogP contribution is -2.02. The molecule has 12 heavy (non-hydrogen) atoms. The van der Waals surface area contributed by atoms with Crippen molar-refractivity contribution in [3.63, 3.8) is 0 Å². The second-order valence-electron chi connectivity index (χ2n) is 2.25. The molecule has 2 rings (SSSR count). The van der Waals surface area contributed by atoms with Gasteiger partial charge in [-0.3, -0.25) is 15.0 Å². The highest BCUT2D eigenvalue weighted by molar-refractivity contribution is 6.06. The molecule has 2 N–H and O–H groups in total. The van der Waals surface area contributed by atoms with E-state index >= 15 is 0 Å². The van der Waals surface area contributed by atoms with Gasteiger partial charge in [0.25, 0.3) is 0 Å². The molecule has 2 aromatic heterocycles. The third-order valence-corrected chi connectivity index (χ3v) is 1.47. The molecule has 5 heteroatoms. The van der Waals surface area contributed by atoms with Gasteiger partial charge in [-0.1, -0.05) is 0 Å². The zero-order valence-electron chi connectivity index (χ0n) is 6.11. The fourth-order valence-corrected chi connectivity index (χ4v) is 0.905. The summed E-state index contributed by atoms with van der Waals surface area (Å²) in [5.74, 6) is -0.183. The molecule has 0 saturated carbocycles. The Morgan fingerprint density at radius 3 is 1.92 bits per heavy atom. The van der Waals surface area contributed by atoms with Gasteiger partial charge in [0.1, 0.15) is 11.4 Å². The highest BCUT2D eigenvalue weighted by Gasteiger charge is 2.11. The zero-order chi connectivity index (χ0) is 8.39. The van der Waals surface area contributed by atoms with Gasteiger partial charge < -0.3 is 0 Å². The van der Waals surface area contributed by atoms with E-state index in [4.69, 9.17) is 0 Å². The van der Waals surface area contributed by atoms with Crippen LogP contribution < -0.4 is 0 Å². The Kier molecular flexibility index (Phi) is 1.48. The molecule has 0 radical (unpaired) electrons. The quantitative estimate of drug-likeness (QED) is 0.626. The van der Waals surface area contributed by atoms with Gasteiger partial charge in [-0.15, -0.1) is 0 Å². The van der Waals surface area contributed by atoms with Gasteiger partial charge in [0.15, 0.2) is 0 Å². The standard InChI is InChI=1S/C7H6N4O/c12-7(5-1-3-8-10-5)6-2-4-9-11-6/h1-4H,(H,8,10)(H,9,11).